The molecule has 0 saturated carbocycles. The van der Waals surface area contributed by atoms with Crippen LogP contribution >= 0.6 is 0 Å². The summed E-state index contributed by atoms with van der Waals surface area (Å²) in [6.07, 6.45) is 3.55. The second-order valence-electron chi connectivity index (χ2n) is 5.43. The van der Waals surface area contributed by atoms with Crippen LogP contribution in [0.4, 0.5) is 5.69 Å². The maximum atomic E-state index is 12.5. The van der Waals surface area contributed by atoms with Gasteiger partial charge in [-0.15, -0.1) is 0 Å². The van der Waals surface area contributed by atoms with Gasteiger partial charge in [-0.25, -0.2) is 0 Å². The van der Waals surface area contributed by atoms with Gasteiger partial charge in [0, 0.05) is 24.0 Å². The highest BCUT2D eigenvalue weighted by molar-refractivity contribution is 5.96. The number of aromatic amines is 1. The van der Waals surface area contributed by atoms with E-state index in [1.54, 1.807) is 30.5 Å². The average molecular weight is 358 g/mol. The topological polar surface area (TPSA) is 167 Å². The van der Waals surface area contributed by atoms with Crippen molar-refractivity contribution in [1.82, 2.24) is 10.2 Å². The van der Waals surface area contributed by atoms with E-state index >= 15 is 0 Å². The highest BCUT2D eigenvalue weighted by Crippen LogP contribution is 2.22. The molecule has 0 saturated heterocycles. The van der Waals surface area contributed by atoms with E-state index in [0.717, 1.165) is 16.7 Å². The number of benzene rings is 2. The van der Waals surface area contributed by atoms with Crippen LogP contribution in [0.1, 0.15) is 11.5 Å². The van der Waals surface area contributed by atoms with Crippen LogP contribution in [0.15, 0.2) is 60.9 Å². The lowest BCUT2D eigenvalue weighted by atomic mass is 9.98. The molecule has 8 nitrogen and oxygen atoms in total. The largest absolute Gasteiger partial charge is 0.508 e. The molecule has 1 heterocycles. The number of H-pyrrole nitrogens is 1. The van der Waals surface area contributed by atoms with Crippen molar-refractivity contribution >= 4 is 11.6 Å². The van der Waals surface area contributed by atoms with E-state index in [1.807, 2.05) is 30.5 Å². The van der Waals surface area contributed by atoms with Gasteiger partial charge in [0.2, 0.25) is 5.91 Å². The first-order valence-corrected chi connectivity index (χ1v) is 7.56. The van der Waals surface area contributed by atoms with Crippen molar-refractivity contribution in [2.75, 3.05) is 11.9 Å². The van der Waals surface area contributed by atoms with E-state index in [4.69, 9.17) is 5.73 Å². The van der Waals surface area contributed by atoms with Gasteiger partial charge in [-0.3, -0.25) is 9.89 Å². The third-order valence-corrected chi connectivity index (χ3v) is 3.83. The molecule has 1 atom stereocenters. The number of hydrogen-bond acceptors (Lipinski definition) is 4. The SMILES string of the molecule is NCC(C(=O)Nc1ccc(-c2cn[nH]c2)cc1)c1ccc(O)cc1.O.O. The van der Waals surface area contributed by atoms with Gasteiger partial charge in [0.1, 0.15) is 5.75 Å². The number of carbonyl (C=O) groups is 1. The van der Waals surface area contributed by atoms with Crippen LogP contribution in [0, 0.1) is 0 Å². The summed E-state index contributed by atoms with van der Waals surface area (Å²) in [5.41, 5.74) is 9.21. The molecule has 138 valence electrons. The van der Waals surface area contributed by atoms with E-state index in [-0.39, 0.29) is 29.2 Å². The number of aromatic nitrogens is 2. The normalized spacial score (nSPS) is 11.0. The van der Waals surface area contributed by atoms with Gasteiger partial charge in [-0.1, -0.05) is 24.3 Å². The predicted octanol–water partition coefficient (Wildman–Crippen LogP) is 0.814. The number of nitrogens with one attached hydrogen (secondary N) is 2. The number of phenols is 1. The van der Waals surface area contributed by atoms with Crippen molar-refractivity contribution in [3.8, 4) is 16.9 Å². The second kappa shape index (κ2) is 9.33. The number of anilines is 1. The maximum Gasteiger partial charge on any atom is 0.233 e. The van der Waals surface area contributed by atoms with E-state index in [1.165, 1.54) is 0 Å². The van der Waals surface area contributed by atoms with Crippen molar-refractivity contribution in [2.45, 2.75) is 5.92 Å². The van der Waals surface area contributed by atoms with Gasteiger partial charge in [0.15, 0.2) is 0 Å². The first kappa shape index (κ1) is 20.8. The molecule has 0 radical (unpaired) electrons. The van der Waals surface area contributed by atoms with E-state index in [9.17, 15) is 9.90 Å². The molecule has 0 aliphatic rings. The molecule has 26 heavy (non-hydrogen) atoms. The Morgan fingerprint density at radius 3 is 2.27 bits per heavy atom. The Hall–Kier alpha value is -3.20. The van der Waals surface area contributed by atoms with Crippen molar-refractivity contribution in [3.63, 3.8) is 0 Å². The summed E-state index contributed by atoms with van der Waals surface area (Å²) in [7, 11) is 0. The van der Waals surface area contributed by atoms with Gasteiger partial charge in [0.05, 0.1) is 12.1 Å². The standard InChI is InChI=1S/C18H18N4O2.2H2O/c19-9-17(13-3-7-16(23)8-4-13)18(24)22-15-5-1-12(2-6-15)14-10-20-21-11-14;;/h1-8,10-11,17,23H,9,19H2,(H,20,21)(H,22,24);2*1H2. The quantitative estimate of drug-likeness (QED) is 0.530. The summed E-state index contributed by atoms with van der Waals surface area (Å²) in [5.74, 6) is -0.497. The van der Waals surface area contributed by atoms with E-state index < -0.39 is 5.92 Å². The zero-order chi connectivity index (χ0) is 16.9. The first-order chi connectivity index (χ1) is 11.7. The fraction of sp³-hybridized carbons (Fsp3) is 0.111. The van der Waals surface area contributed by atoms with Crippen LogP contribution in [0.3, 0.4) is 0 Å². The third-order valence-electron chi connectivity index (χ3n) is 3.83. The van der Waals surface area contributed by atoms with E-state index in [2.05, 4.69) is 15.5 Å². The number of carbonyl (C=O) groups excluding carboxylic acids is 1. The van der Waals surface area contributed by atoms with Gasteiger partial charge < -0.3 is 27.1 Å². The number of nitrogens with zero attached hydrogens (tertiary/aromatic N) is 1. The Morgan fingerprint density at radius 2 is 1.73 bits per heavy atom. The molecule has 8 heteroatoms. The number of amides is 1. The monoisotopic (exact) mass is 358 g/mol. The van der Waals surface area contributed by atoms with Crippen LogP contribution in [0.25, 0.3) is 11.1 Å². The second-order valence-corrected chi connectivity index (χ2v) is 5.43. The Balaban J connectivity index is 0.00000169. The van der Waals surface area contributed by atoms with Crippen molar-refractivity contribution < 1.29 is 20.9 Å². The van der Waals surface area contributed by atoms with Crippen LogP contribution < -0.4 is 11.1 Å². The Bertz CT molecular complexity index is 802. The zero-order valence-corrected chi connectivity index (χ0v) is 13.9. The summed E-state index contributed by atoms with van der Waals surface area (Å²) in [4.78, 5) is 12.5. The summed E-state index contributed by atoms with van der Waals surface area (Å²) in [5, 5.41) is 18.9. The van der Waals surface area contributed by atoms with Gasteiger partial charge in [-0.05, 0) is 35.4 Å². The van der Waals surface area contributed by atoms with E-state index in [0.29, 0.717) is 5.69 Å². The maximum absolute atomic E-state index is 12.5. The summed E-state index contributed by atoms with van der Waals surface area (Å²) in [6.45, 7) is 0.184. The Labute approximate surface area is 150 Å². The minimum atomic E-state index is -0.473. The van der Waals surface area contributed by atoms with Crippen molar-refractivity contribution in [1.29, 1.82) is 0 Å². The van der Waals surface area contributed by atoms with Crippen LogP contribution in [0.5, 0.6) is 5.75 Å². The number of phenolic OH excluding ortho intramolecular Hbond substituents is 1. The smallest absolute Gasteiger partial charge is 0.233 e. The molecule has 1 amide bonds. The van der Waals surface area contributed by atoms with Gasteiger partial charge >= 0.3 is 0 Å². The first-order valence-electron chi connectivity index (χ1n) is 7.56. The lowest BCUT2D eigenvalue weighted by Crippen LogP contribution is -2.27. The number of aromatic hydroxyl groups is 1. The summed E-state index contributed by atoms with van der Waals surface area (Å²) in [6, 6.07) is 14.0. The molecular formula is C18H22N4O4. The molecule has 0 bridgehead atoms. The third kappa shape index (κ3) is 4.67. The lowest BCUT2D eigenvalue weighted by molar-refractivity contribution is -0.117. The average Bonchev–Trinajstić information content (AvgIpc) is 3.12. The minimum absolute atomic E-state index is 0. The Kier molecular flexibility index (Phi) is 7.48. The summed E-state index contributed by atoms with van der Waals surface area (Å²) < 4.78 is 0. The molecule has 3 aromatic rings. The van der Waals surface area contributed by atoms with Gasteiger partial charge in [0.25, 0.3) is 0 Å². The summed E-state index contributed by atoms with van der Waals surface area (Å²) >= 11 is 0. The molecule has 1 unspecified atom stereocenters. The van der Waals surface area contributed by atoms with Gasteiger partial charge in [-0.2, -0.15) is 5.10 Å². The van der Waals surface area contributed by atoms with Crippen molar-refractivity contribution in [2.24, 2.45) is 5.73 Å². The molecule has 2 aromatic carbocycles. The van der Waals surface area contributed by atoms with Crippen LogP contribution in [-0.4, -0.2) is 38.7 Å². The number of rotatable bonds is 5. The number of hydrogen-bond donors (Lipinski definition) is 4. The molecular weight excluding hydrogens is 336 g/mol. The zero-order valence-electron chi connectivity index (χ0n) is 13.9. The fourth-order valence-corrected chi connectivity index (χ4v) is 2.49. The molecule has 1 aromatic heterocycles. The molecule has 0 aliphatic carbocycles. The highest BCUT2D eigenvalue weighted by Gasteiger charge is 2.19. The Morgan fingerprint density at radius 1 is 1.08 bits per heavy atom. The molecule has 0 spiro atoms. The molecule has 9 N–H and O–H groups in total. The fourth-order valence-electron chi connectivity index (χ4n) is 2.49. The molecule has 0 aliphatic heterocycles. The molecule has 0 fully saturated rings. The van der Waals surface area contributed by atoms with Crippen LogP contribution in [0.2, 0.25) is 0 Å². The minimum Gasteiger partial charge on any atom is -0.508 e. The number of nitrogens with two attached hydrogens (primary N) is 1. The lowest BCUT2D eigenvalue weighted by Gasteiger charge is -2.15. The predicted molar refractivity (Wildman–Crippen MR) is 99.8 cm³/mol. The highest BCUT2D eigenvalue weighted by atomic mass is 16.3. The molecule has 3 rings (SSSR count). The van der Waals surface area contributed by atoms with Crippen molar-refractivity contribution in [3.05, 3.63) is 66.5 Å². The van der Waals surface area contributed by atoms with Crippen LogP contribution in [-0.2, 0) is 4.79 Å².